The fourth-order valence-corrected chi connectivity index (χ4v) is 4.17. The lowest BCUT2D eigenvalue weighted by Gasteiger charge is -2.19. The van der Waals surface area contributed by atoms with Crippen LogP contribution < -0.4 is 21.8 Å². The van der Waals surface area contributed by atoms with Crippen LogP contribution in [-0.2, 0) is 0 Å². The average Bonchev–Trinajstić information content (AvgIpc) is 3.41. The Morgan fingerprint density at radius 2 is 1.73 bits per heavy atom. The number of benzene rings is 2. The molecule has 1 aliphatic heterocycles. The van der Waals surface area contributed by atoms with E-state index >= 15 is 0 Å². The third-order valence-electron chi connectivity index (χ3n) is 5.77. The molecule has 2 aromatic heterocycles. The van der Waals surface area contributed by atoms with E-state index < -0.39 is 17.1 Å². The van der Waals surface area contributed by atoms with Gasteiger partial charge in [0.15, 0.2) is 0 Å². The molecule has 1 saturated heterocycles. The molecule has 5 rings (SSSR count). The lowest BCUT2D eigenvalue weighted by molar-refractivity contribution is 0.430. The standard InChI is InChI=1S/C23H22N6O4/c1-13-5-4-6-14(9-13)29-21(31)15(20(30)27-23(29)33)12-24-18-10-16-17(26-22(32)25-16)11-19(18)28-7-2-3-8-28/h4-6,9-12,31H,2-3,7-8H2,1H3,(H2,25,26,32)(H,27,30,33). The summed E-state index contributed by atoms with van der Waals surface area (Å²) < 4.78 is 1.03. The number of aliphatic imine (C=N–C) groups is 1. The van der Waals surface area contributed by atoms with Gasteiger partial charge in [0.2, 0.25) is 5.88 Å². The van der Waals surface area contributed by atoms with Crippen LogP contribution in [0.5, 0.6) is 5.88 Å². The predicted octanol–water partition coefficient (Wildman–Crippen LogP) is 2.06. The number of aromatic hydroxyl groups is 1. The van der Waals surface area contributed by atoms with Crippen LogP contribution in [0.2, 0.25) is 0 Å². The van der Waals surface area contributed by atoms with E-state index in [-0.39, 0.29) is 11.3 Å². The summed E-state index contributed by atoms with van der Waals surface area (Å²) in [5.74, 6) is -0.503. The summed E-state index contributed by atoms with van der Waals surface area (Å²) in [5, 5.41) is 10.8. The number of aromatic amines is 3. The highest BCUT2D eigenvalue weighted by atomic mass is 16.3. The molecule has 0 aliphatic carbocycles. The Morgan fingerprint density at radius 1 is 1.00 bits per heavy atom. The summed E-state index contributed by atoms with van der Waals surface area (Å²) in [6, 6.07) is 10.6. The highest BCUT2D eigenvalue weighted by molar-refractivity contribution is 5.91. The molecule has 0 atom stereocenters. The van der Waals surface area contributed by atoms with Gasteiger partial charge in [0, 0.05) is 19.3 Å². The molecule has 2 aromatic carbocycles. The van der Waals surface area contributed by atoms with Gasteiger partial charge in [0.1, 0.15) is 5.56 Å². The van der Waals surface area contributed by atoms with Gasteiger partial charge in [-0.3, -0.25) is 14.8 Å². The van der Waals surface area contributed by atoms with Gasteiger partial charge >= 0.3 is 11.4 Å². The molecule has 0 radical (unpaired) electrons. The second-order valence-corrected chi connectivity index (χ2v) is 8.09. The molecule has 3 heterocycles. The van der Waals surface area contributed by atoms with Crippen molar-refractivity contribution in [1.29, 1.82) is 0 Å². The molecule has 1 aliphatic rings. The molecular formula is C23H22N6O4. The molecule has 1 fully saturated rings. The van der Waals surface area contributed by atoms with E-state index in [0.29, 0.717) is 22.4 Å². The first-order chi connectivity index (χ1) is 15.9. The van der Waals surface area contributed by atoms with Crippen molar-refractivity contribution in [3.8, 4) is 11.6 Å². The Morgan fingerprint density at radius 3 is 2.45 bits per heavy atom. The van der Waals surface area contributed by atoms with E-state index in [1.165, 1.54) is 6.21 Å². The van der Waals surface area contributed by atoms with Gasteiger partial charge in [0.25, 0.3) is 5.56 Å². The number of aryl methyl sites for hydroxylation is 1. The number of imidazole rings is 1. The first-order valence-electron chi connectivity index (χ1n) is 10.6. The van der Waals surface area contributed by atoms with Crippen molar-refractivity contribution in [3.05, 3.63) is 78.8 Å². The smallest absolute Gasteiger partial charge is 0.335 e. The third kappa shape index (κ3) is 3.75. The molecule has 4 aromatic rings. The predicted molar refractivity (Wildman–Crippen MR) is 127 cm³/mol. The summed E-state index contributed by atoms with van der Waals surface area (Å²) >= 11 is 0. The van der Waals surface area contributed by atoms with E-state index in [9.17, 15) is 19.5 Å². The Labute approximate surface area is 186 Å². The van der Waals surface area contributed by atoms with E-state index in [2.05, 4.69) is 24.8 Å². The van der Waals surface area contributed by atoms with E-state index in [1.54, 1.807) is 24.3 Å². The van der Waals surface area contributed by atoms with E-state index in [4.69, 9.17) is 0 Å². The van der Waals surface area contributed by atoms with Gasteiger partial charge in [-0.05, 0) is 49.6 Å². The van der Waals surface area contributed by atoms with Crippen LogP contribution in [0.4, 0.5) is 11.4 Å². The zero-order valence-electron chi connectivity index (χ0n) is 17.9. The lowest BCUT2D eigenvalue weighted by Crippen LogP contribution is -2.31. The summed E-state index contributed by atoms with van der Waals surface area (Å²) in [7, 11) is 0. The molecular weight excluding hydrogens is 424 g/mol. The minimum absolute atomic E-state index is 0.147. The quantitative estimate of drug-likeness (QED) is 0.355. The third-order valence-corrected chi connectivity index (χ3v) is 5.77. The highest BCUT2D eigenvalue weighted by Crippen LogP contribution is 2.34. The number of anilines is 1. The minimum Gasteiger partial charge on any atom is -0.493 e. The molecule has 0 bridgehead atoms. The monoisotopic (exact) mass is 446 g/mol. The largest absolute Gasteiger partial charge is 0.493 e. The van der Waals surface area contributed by atoms with Crippen LogP contribution in [0.3, 0.4) is 0 Å². The summed E-state index contributed by atoms with van der Waals surface area (Å²) in [4.78, 5) is 51.1. The minimum atomic E-state index is -0.746. The van der Waals surface area contributed by atoms with Crippen LogP contribution >= 0.6 is 0 Å². The summed E-state index contributed by atoms with van der Waals surface area (Å²) in [5.41, 5.74) is 1.95. The van der Waals surface area contributed by atoms with Crippen LogP contribution in [0.15, 0.2) is 55.8 Å². The fraction of sp³-hybridized carbons (Fsp3) is 0.217. The van der Waals surface area contributed by atoms with Crippen molar-refractivity contribution in [1.82, 2.24) is 19.5 Å². The lowest BCUT2D eigenvalue weighted by atomic mass is 10.2. The first-order valence-corrected chi connectivity index (χ1v) is 10.6. The summed E-state index contributed by atoms with van der Waals surface area (Å²) in [6.07, 6.45) is 3.34. The molecule has 33 heavy (non-hydrogen) atoms. The number of hydrogen-bond acceptors (Lipinski definition) is 6. The zero-order chi connectivity index (χ0) is 23.1. The molecule has 4 N–H and O–H groups in total. The maximum atomic E-state index is 12.5. The average molecular weight is 446 g/mol. The van der Waals surface area contributed by atoms with Crippen molar-refractivity contribution >= 4 is 28.6 Å². The fourth-order valence-electron chi connectivity index (χ4n) is 4.17. The number of nitrogens with zero attached hydrogens (tertiary/aromatic N) is 3. The SMILES string of the molecule is Cc1cccc(-n2c(O)c(C=Nc3cc4[nH]c(=O)[nH]c4cc3N3CCCC3)c(=O)[nH]c2=O)c1. The molecule has 10 nitrogen and oxygen atoms in total. The highest BCUT2D eigenvalue weighted by Gasteiger charge is 2.18. The Kier molecular flexibility index (Phi) is 4.97. The van der Waals surface area contributed by atoms with Crippen molar-refractivity contribution < 1.29 is 5.11 Å². The van der Waals surface area contributed by atoms with Crippen molar-refractivity contribution in [2.75, 3.05) is 18.0 Å². The molecule has 0 saturated carbocycles. The Bertz CT molecular complexity index is 1570. The maximum absolute atomic E-state index is 12.5. The molecule has 0 amide bonds. The number of rotatable bonds is 4. The van der Waals surface area contributed by atoms with Gasteiger partial charge < -0.3 is 20.0 Å². The molecule has 0 spiro atoms. The van der Waals surface area contributed by atoms with E-state index in [1.807, 2.05) is 19.1 Å². The number of nitrogens with one attached hydrogen (secondary N) is 3. The topological polar surface area (TPSA) is 139 Å². The zero-order valence-corrected chi connectivity index (χ0v) is 17.9. The van der Waals surface area contributed by atoms with Crippen LogP contribution in [0.1, 0.15) is 24.0 Å². The van der Waals surface area contributed by atoms with Crippen molar-refractivity contribution in [3.63, 3.8) is 0 Å². The normalized spacial score (nSPS) is 14.0. The number of hydrogen-bond donors (Lipinski definition) is 4. The van der Waals surface area contributed by atoms with Crippen molar-refractivity contribution in [2.24, 2.45) is 4.99 Å². The van der Waals surface area contributed by atoms with Crippen LogP contribution in [0.25, 0.3) is 16.7 Å². The van der Waals surface area contributed by atoms with Crippen molar-refractivity contribution in [2.45, 2.75) is 19.8 Å². The molecule has 0 unspecified atom stereocenters. The van der Waals surface area contributed by atoms with Gasteiger partial charge in [0.05, 0.1) is 28.1 Å². The molecule has 10 heteroatoms. The maximum Gasteiger partial charge on any atom is 0.335 e. The van der Waals surface area contributed by atoms with E-state index in [0.717, 1.165) is 41.7 Å². The number of fused-ring (bicyclic) bond motifs is 1. The van der Waals surface area contributed by atoms with Gasteiger partial charge in [-0.15, -0.1) is 0 Å². The second kappa shape index (κ2) is 7.97. The Hall–Kier alpha value is -4.34. The second-order valence-electron chi connectivity index (χ2n) is 8.09. The van der Waals surface area contributed by atoms with Crippen LogP contribution in [-0.4, -0.2) is 43.9 Å². The van der Waals surface area contributed by atoms with Gasteiger partial charge in [-0.2, -0.15) is 0 Å². The number of aromatic nitrogens is 4. The molecule has 168 valence electrons. The number of H-pyrrole nitrogens is 3. The van der Waals surface area contributed by atoms with Gasteiger partial charge in [-0.1, -0.05) is 12.1 Å². The summed E-state index contributed by atoms with van der Waals surface area (Å²) in [6.45, 7) is 3.57. The van der Waals surface area contributed by atoms with Gasteiger partial charge in [-0.25, -0.2) is 14.2 Å². The first kappa shape index (κ1) is 20.6. The van der Waals surface area contributed by atoms with Crippen LogP contribution in [0, 0.1) is 6.92 Å². The Balaban J connectivity index is 1.64.